The summed E-state index contributed by atoms with van der Waals surface area (Å²) in [6, 6.07) is 12.6. The molecule has 0 unspecified atom stereocenters. The highest BCUT2D eigenvalue weighted by Crippen LogP contribution is 2.47. The number of H-pyrrole nitrogens is 1. The number of aromatic amines is 1. The van der Waals surface area contributed by atoms with Gasteiger partial charge in [0.25, 0.3) is 0 Å². The van der Waals surface area contributed by atoms with Gasteiger partial charge in [0, 0.05) is 46.7 Å². The Morgan fingerprint density at radius 3 is 2.72 bits per heavy atom. The Kier molecular flexibility index (Phi) is 4.94. The molecule has 1 aliphatic carbocycles. The van der Waals surface area contributed by atoms with Crippen LogP contribution in [0.25, 0.3) is 44.5 Å². The average molecular weight is 481 g/mol. The minimum absolute atomic E-state index is 0.293. The molecule has 0 bridgehead atoms. The standard InChI is InChI=1S/C28H28N6O2/c1-36-28(35)18-11-12-20-23(15-18)34-14-6-13-33-16-22(27-29-31-32-30-27)19-9-5-10-21(25(19)33)26(34)24(20)17-7-3-2-4-8-17/h5,9-12,15-17H,2-4,6-8,13-14H2,1H3,(H,29,30,31,32). The van der Waals surface area contributed by atoms with E-state index < -0.39 is 0 Å². The summed E-state index contributed by atoms with van der Waals surface area (Å²) in [5.41, 5.74) is 7.90. The lowest BCUT2D eigenvalue weighted by Gasteiger charge is -2.25. The molecule has 182 valence electrons. The van der Waals surface area contributed by atoms with E-state index in [9.17, 15) is 4.79 Å². The molecule has 4 heterocycles. The SMILES string of the molecule is COC(=O)c1ccc2c(C3CCCCC3)c3n(c2c1)CCCn1cc(-c2nn[nH]n2)c2cccc-3c21. The minimum atomic E-state index is -0.293. The van der Waals surface area contributed by atoms with Crippen LogP contribution in [0.1, 0.15) is 60.4 Å². The number of hydrogen-bond acceptors (Lipinski definition) is 5. The number of fused-ring (bicyclic) bond motifs is 4. The van der Waals surface area contributed by atoms with Gasteiger partial charge in [-0.3, -0.25) is 0 Å². The minimum Gasteiger partial charge on any atom is -0.465 e. The average Bonchev–Trinajstić information content (AvgIpc) is 3.64. The number of para-hydroxylation sites is 1. The molecule has 3 aromatic heterocycles. The highest BCUT2D eigenvalue weighted by atomic mass is 16.5. The first-order valence-corrected chi connectivity index (χ1v) is 12.8. The van der Waals surface area contributed by atoms with Crippen molar-refractivity contribution in [3.8, 4) is 22.6 Å². The molecule has 1 fully saturated rings. The van der Waals surface area contributed by atoms with Crippen molar-refractivity contribution in [2.45, 2.75) is 57.5 Å². The molecule has 0 saturated heterocycles. The molecule has 0 spiro atoms. The first-order valence-electron chi connectivity index (χ1n) is 12.8. The van der Waals surface area contributed by atoms with E-state index in [0.717, 1.165) is 36.0 Å². The fourth-order valence-corrected chi connectivity index (χ4v) is 6.53. The van der Waals surface area contributed by atoms with Crippen LogP contribution < -0.4 is 0 Å². The van der Waals surface area contributed by atoms with Gasteiger partial charge in [-0.15, -0.1) is 10.2 Å². The molecule has 36 heavy (non-hydrogen) atoms. The Bertz CT molecular complexity index is 1600. The lowest BCUT2D eigenvalue weighted by Crippen LogP contribution is -2.11. The maximum absolute atomic E-state index is 12.4. The van der Waals surface area contributed by atoms with Crippen LogP contribution in [0.3, 0.4) is 0 Å². The van der Waals surface area contributed by atoms with E-state index >= 15 is 0 Å². The molecule has 0 atom stereocenters. The molecule has 8 nitrogen and oxygen atoms in total. The second kappa shape index (κ2) is 8.33. The van der Waals surface area contributed by atoms with Crippen molar-refractivity contribution in [3.05, 3.63) is 53.7 Å². The number of aryl methyl sites for hydroxylation is 2. The topological polar surface area (TPSA) is 90.6 Å². The number of benzene rings is 2. The van der Waals surface area contributed by atoms with Gasteiger partial charge in [0.15, 0.2) is 0 Å². The molecule has 0 amide bonds. The number of methoxy groups -OCH3 is 1. The molecular formula is C28H28N6O2. The van der Waals surface area contributed by atoms with Crippen LogP contribution in [0.4, 0.5) is 0 Å². The summed E-state index contributed by atoms with van der Waals surface area (Å²) in [5, 5.41) is 17.3. The summed E-state index contributed by atoms with van der Waals surface area (Å²) >= 11 is 0. The molecule has 2 aliphatic rings. The Morgan fingerprint density at radius 1 is 1.03 bits per heavy atom. The number of esters is 1. The maximum atomic E-state index is 12.4. The van der Waals surface area contributed by atoms with Gasteiger partial charge in [0.2, 0.25) is 5.82 Å². The maximum Gasteiger partial charge on any atom is 0.337 e. The Labute approximate surface area is 208 Å². The van der Waals surface area contributed by atoms with Gasteiger partial charge in [-0.1, -0.05) is 43.5 Å². The first-order chi connectivity index (χ1) is 17.7. The highest BCUT2D eigenvalue weighted by Gasteiger charge is 2.30. The Morgan fingerprint density at radius 2 is 1.92 bits per heavy atom. The first kappa shape index (κ1) is 21.4. The van der Waals surface area contributed by atoms with E-state index in [1.165, 1.54) is 66.9 Å². The summed E-state index contributed by atoms with van der Waals surface area (Å²) in [7, 11) is 1.44. The van der Waals surface area contributed by atoms with Crippen LogP contribution in [0.2, 0.25) is 0 Å². The van der Waals surface area contributed by atoms with E-state index in [0.29, 0.717) is 17.3 Å². The van der Waals surface area contributed by atoms with Gasteiger partial charge >= 0.3 is 5.97 Å². The predicted octanol–water partition coefficient (Wildman–Crippen LogP) is 5.68. The predicted molar refractivity (Wildman–Crippen MR) is 138 cm³/mol. The summed E-state index contributed by atoms with van der Waals surface area (Å²) in [6.45, 7) is 1.77. The number of nitrogens with zero attached hydrogens (tertiary/aromatic N) is 5. The number of nitrogens with one attached hydrogen (secondary N) is 1. The number of rotatable bonds is 3. The Hall–Kier alpha value is -3.94. The molecule has 7 rings (SSSR count). The third kappa shape index (κ3) is 3.13. The smallest absolute Gasteiger partial charge is 0.337 e. The number of tetrazole rings is 1. The van der Waals surface area contributed by atoms with Crippen LogP contribution in [0.15, 0.2) is 42.6 Å². The van der Waals surface area contributed by atoms with Gasteiger partial charge in [-0.05, 0) is 48.1 Å². The zero-order valence-electron chi connectivity index (χ0n) is 20.3. The molecule has 5 aromatic rings. The van der Waals surface area contributed by atoms with Crippen molar-refractivity contribution in [3.63, 3.8) is 0 Å². The van der Waals surface area contributed by atoms with Crippen molar-refractivity contribution >= 4 is 27.8 Å². The van der Waals surface area contributed by atoms with Gasteiger partial charge < -0.3 is 13.9 Å². The zero-order chi connectivity index (χ0) is 24.2. The number of hydrogen-bond donors (Lipinski definition) is 1. The molecule has 2 aromatic carbocycles. The van der Waals surface area contributed by atoms with Crippen molar-refractivity contribution in [2.24, 2.45) is 0 Å². The monoisotopic (exact) mass is 480 g/mol. The third-order valence-corrected chi connectivity index (χ3v) is 8.06. The van der Waals surface area contributed by atoms with Gasteiger partial charge in [-0.2, -0.15) is 5.21 Å². The number of ether oxygens (including phenoxy) is 1. The number of carbonyl (C=O) groups is 1. The molecule has 1 saturated carbocycles. The molecule has 0 radical (unpaired) electrons. The van der Waals surface area contributed by atoms with Crippen LogP contribution >= 0.6 is 0 Å². The van der Waals surface area contributed by atoms with Crippen LogP contribution in [-0.4, -0.2) is 42.8 Å². The number of aromatic nitrogens is 6. The van der Waals surface area contributed by atoms with Crippen LogP contribution in [0, 0.1) is 0 Å². The van der Waals surface area contributed by atoms with Gasteiger partial charge in [-0.25, -0.2) is 4.79 Å². The third-order valence-electron chi connectivity index (χ3n) is 8.06. The second-order valence-electron chi connectivity index (χ2n) is 10.00. The van der Waals surface area contributed by atoms with E-state index in [1.54, 1.807) is 0 Å². The van der Waals surface area contributed by atoms with E-state index in [4.69, 9.17) is 4.74 Å². The lowest BCUT2D eigenvalue weighted by atomic mass is 9.81. The molecule has 1 aliphatic heterocycles. The number of carbonyl (C=O) groups excluding carboxylic acids is 1. The fraction of sp³-hybridized carbons (Fsp3) is 0.357. The molecule has 8 heteroatoms. The molecular weight excluding hydrogens is 452 g/mol. The quantitative estimate of drug-likeness (QED) is 0.336. The molecule has 1 N–H and O–H groups in total. The van der Waals surface area contributed by atoms with Crippen molar-refractivity contribution in [1.82, 2.24) is 29.8 Å². The van der Waals surface area contributed by atoms with E-state index in [-0.39, 0.29) is 5.97 Å². The van der Waals surface area contributed by atoms with Crippen LogP contribution in [-0.2, 0) is 17.8 Å². The van der Waals surface area contributed by atoms with E-state index in [2.05, 4.69) is 60.2 Å². The van der Waals surface area contributed by atoms with E-state index in [1.807, 2.05) is 12.1 Å². The Balaban J connectivity index is 1.56. The zero-order valence-corrected chi connectivity index (χ0v) is 20.3. The van der Waals surface area contributed by atoms with Crippen LogP contribution in [0.5, 0.6) is 0 Å². The van der Waals surface area contributed by atoms with Crippen molar-refractivity contribution in [2.75, 3.05) is 7.11 Å². The summed E-state index contributed by atoms with van der Waals surface area (Å²) in [6.07, 6.45) is 9.40. The van der Waals surface area contributed by atoms with Crippen molar-refractivity contribution < 1.29 is 9.53 Å². The fourth-order valence-electron chi connectivity index (χ4n) is 6.53. The summed E-state index contributed by atoms with van der Waals surface area (Å²) in [4.78, 5) is 12.4. The van der Waals surface area contributed by atoms with Crippen molar-refractivity contribution in [1.29, 1.82) is 0 Å². The largest absolute Gasteiger partial charge is 0.465 e. The summed E-state index contributed by atoms with van der Waals surface area (Å²) < 4.78 is 9.88. The summed E-state index contributed by atoms with van der Waals surface area (Å²) in [5.74, 6) is 0.834. The highest BCUT2D eigenvalue weighted by molar-refractivity contribution is 6.06. The van der Waals surface area contributed by atoms with Gasteiger partial charge in [0.05, 0.1) is 23.9 Å². The lowest BCUT2D eigenvalue weighted by molar-refractivity contribution is 0.0601. The second-order valence-corrected chi connectivity index (χ2v) is 10.00. The normalized spacial score (nSPS) is 16.1. The van der Waals surface area contributed by atoms with Gasteiger partial charge in [0.1, 0.15) is 0 Å².